The van der Waals surface area contributed by atoms with Crippen molar-refractivity contribution >= 4 is 5.69 Å². The zero-order valence-corrected chi connectivity index (χ0v) is 6.87. The molecule has 0 radical (unpaired) electrons. The maximum atomic E-state index is 12.7. The maximum absolute atomic E-state index is 12.7. The van der Waals surface area contributed by atoms with Crippen molar-refractivity contribution in [2.24, 2.45) is 5.73 Å². The van der Waals surface area contributed by atoms with Gasteiger partial charge in [0.25, 0.3) is 0 Å². The van der Waals surface area contributed by atoms with E-state index in [4.69, 9.17) is 16.6 Å². The van der Waals surface area contributed by atoms with Gasteiger partial charge in [0.05, 0.1) is 18.3 Å². The molecule has 72 valence electrons. The first kappa shape index (κ1) is 9.76. The lowest BCUT2D eigenvalue weighted by Crippen LogP contribution is -2.15. The number of nitrogens with two attached hydrogens (primary N) is 2. The molecule has 0 bridgehead atoms. The Labute approximate surface area is 74.6 Å². The third kappa shape index (κ3) is 1.88. The Kier molecular flexibility index (Phi) is 2.69. The second kappa shape index (κ2) is 3.59. The Hall–Kier alpha value is -1.33. The zero-order valence-electron chi connectivity index (χ0n) is 6.87. The van der Waals surface area contributed by atoms with E-state index in [-0.39, 0.29) is 23.6 Å². The number of benzene rings is 1. The number of rotatable bonds is 2. The smallest absolute Gasteiger partial charge is 0.149 e. The van der Waals surface area contributed by atoms with Crippen LogP contribution in [0.5, 0.6) is 5.75 Å². The molecule has 0 heterocycles. The number of aliphatic hydroxyl groups is 1. The lowest BCUT2D eigenvalue weighted by molar-refractivity contribution is 0.265. The summed E-state index contributed by atoms with van der Waals surface area (Å²) in [6, 6.07) is 1.34. The van der Waals surface area contributed by atoms with E-state index in [1.54, 1.807) is 0 Å². The molecule has 1 atom stereocenters. The lowest BCUT2D eigenvalue weighted by atomic mass is 10.1. The highest BCUT2D eigenvalue weighted by atomic mass is 19.1. The molecule has 0 saturated carbocycles. The summed E-state index contributed by atoms with van der Waals surface area (Å²) in [5.41, 5.74) is 10.8. The number of aromatic hydroxyl groups is 1. The van der Waals surface area contributed by atoms with Gasteiger partial charge in [-0.1, -0.05) is 0 Å². The second-order valence-corrected chi connectivity index (χ2v) is 2.72. The first-order chi connectivity index (χ1) is 6.06. The van der Waals surface area contributed by atoms with Crippen LogP contribution in [0.4, 0.5) is 10.1 Å². The Morgan fingerprint density at radius 3 is 2.62 bits per heavy atom. The van der Waals surface area contributed by atoms with Crippen molar-refractivity contribution in [3.63, 3.8) is 0 Å². The molecule has 1 aromatic carbocycles. The van der Waals surface area contributed by atoms with E-state index >= 15 is 0 Å². The molecule has 13 heavy (non-hydrogen) atoms. The number of phenols is 1. The number of nitrogen functional groups attached to an aromatic ring is 1. The minimum absolute atomic E-state index is 0.100. The van der Waals surface area contributed by atoms with Gasteiger partial charge in [-0.05, 0) is 6.07 Å². The highest BCUT2D eigenvalue weighted by molar-refractivity contribution is 5.49. The number of aliphatic hydroxyl groups excluding tert-OH is 1. The fraction of sp³-hybridized carbons (Fsp3) is 0.250. The predicted octanol–water partition coefficient (Wildman–Crippen LogP) is 0.106. The molecule has 4 nitrogen and oxygen atoms in total. The molecule has 6 N–H and O–H groups in total. The minimum atomic E-state index is -0.747. The molecule has 0 aliphatic heterocycles. The normalized spacial score (nSPS) is 12.8. The molecular formula is C8H11FN2O2. The topological polar surface area (TPSA) is 92.5 Å². The average Bonchev–Trinajstić information content (AvgIpc) is 2.10. The Balaban J connectivity index is 3.15. The molecule has 0 aromatic heterocycles. The van der Waals surface area contributed by atoms with Gasteiger partial charge in [-0.2, -0.15) is 0 Å². The molecule has 0 spiro atoms. The van der Waals surface area contributed by atoms with Crippen molar-refractivity contribution in [3.05, 3.63) is 23.5 Å². The maximum Gasteiger partial charge on any atom is 0.149 e. The Morgan fingerprint density at radius 2 is 2.08 bits per heavy atom. The molecule has 0 aliphatic rings. The highest BCUT2D eigenvalue weighted by Crippen LogP contribution is 2.27. The van der Waals surface area contributed by atoms with Crippen molar-refractivity contribution in [1.29, 1.82) is 0 Å². The number of hydrogen-bond acceptors (Lipinski definition) is 4. The van der Waals surface area contributed by atoms with Crippen LogP contribution in [0.3, 0.4) is 0 Å². The summed E-state index contributed by atoms with van der Waals surface area (Å²) in [5.74, 6) is -1.00. The molecule has 5 heteroatoms. The number of hydrogen-bond donors (Lipinski definition) is 4. The quantitative estimate of drug-likeness (QED) is 0.389. The van der Waals surface area contributed by atoms with Crippen LogP contribution in [0.25, 0.3) is 0 Å². The standard InChI is InChI=1S/C8H11FN2O2/c9-5-2-8(13)4(1-6(5)10)7(11)3-12/h1-2,7,12-13H,3,10-11H2. The van der Waals surface area contributed by atoms with Crippen LogP contribution < -0.4 is 11.5 Å². The van der Waals surface area contributed by atoms with Crippen LogP contribution in [-0.4, -0.2) is 16.8 Å². The summed E-state index contributed by atoms with van der Waals surface area (Å²) in [6.45, 7) is -0.335. The van der Waals surface area contributed by atoms with E-state index in [2.05, 4.69) is 0 Å². The Morgan fingerprint density at radius 1 is 1.46 bits per heavy atom. The van der Waals surface area contributed by atoms with Gasteiger partial charge >= 0.3 is 0 Å². The highest BCUT2D eigenvalue weighted by Gasteiger charge is 2.12. The third-order valence-electron chi connectivity index (χ3n) is 1.74. The van der Waals surface area contributed by atoms with Crippen molar-refractivity contribution in [2.75, 3.05) is 12.3 Å². The predicted molar refractivity (Wildman–Crippen MR) is 46.5 cm³/mol. The molecule has 1 unspecified atom stereocenters. The summed E-state index contributed by atoms with van der Waals surface area (Å²) in [6.07, 6.45) is 0. The van der Waals surface area contributed by atoms with Crippen LogP contribution in [0.1, 0.15) is 11.6 Å². The van der Waals surface area contributed by atoms with Gasteiger partial charge in [0.2, 0.25) is 0 Å². The summed E-state index contributed by atoms with van der Waals surface area (Å²) in [4.78, 5) is 0. The molecule has 0 amide bonds. The van der Waals surface area contributed by atoms with Crippen LogP contribution in [-0.2, 0) is 0 Å². The van der Waals surface area contributed by atoms with Gasteiger partial charge in [0, 0.05) is 11.6 Å². The first-order valence-corrected chi connectivity index (χ1v) is 3.70. The molecule has 0 aliphatic carbocycles. The first-order valence-electron chi connectivity index (χ1n) is 3.70. The van der Waals surface area contributed by atoms with E-state index in [0.717, 1.165) is 6.07 Å². The van der Waals surface area contributed by atoms with E-state index in [1.807, 2.05) is 0 Å². The van der Waals surface area contributed by atoms with Crippen molar-refractivity contribution in [3.8, 4) is 5.75 Å². The summed E-state index contributed by atoms with van der Waals surface area (Å²) >= 11 is 0. The SMILES string of the molecule is Nc1cc(C(N)CO)c(O)cc1F. The minimum Gasteiger partial charge on any atom is -0.507 e. The number of phenolic OH excluding ortho intramolecular Hbond substituents is 1. The Bertz CT molecular complexity index is 317. The summed E-state index contributed by atoms with van der Waals surface area (Å²) in [5, 5.41) is 17.9. The summed E-state index contributed by atoms with van der Waals surface area (Å²) in [7, 11) is 0. The molecule has 1 rings (SSSR count). The van der Waals surface area contributed by atoms with Crippen molar-refractivity contribution in [1.82, 2.24) is 0 Å². The van der Waals surface area contributed by atoms with Crippen molar-refractivity contribution in [2.45, 2.75) is 6.04 Å². The van der Waals surface area contributed by atoms with E-state index < -0.39 is 11.9 Å². The molecule has 0 saturated heterocycles. The largest absolute Gasteiger partial charge is 0.507 e. The van der Waals surface area contributed by atoms with E-state index in [1.165, 1.54) is 6.07 Å². The van der Waals surface area contributed by atoms with Crippen LogP contribution in [0.2, 0.25) is 0 Å². The van der Waals surface area contributed by atoms with Gasteiger partial charge < -0.3 is 21.7 Å². The fourth-order valence-corrected chi connectivity index (χ4v) is 0.992. The average molecular weight is 186 g/mol. The number of halogens is 1. The van der Waals surface area contributed by atoms with Gasteiger partial charge in [0.1, 0.15) is 11.6 Å². The van der Waals surface area contributed by atoms with E-state index in [9.17, 15) is 9.50 Å². The van der Waals surface area contributed by atoms with Crippen LogP contribution >= 0.6 is 0 Å². The van der Waals surface area contributed by atoms with Gasteiger partial charge in [-0.3, -0.25) is 0 Å². The lowest BCUT2D eigenvalue weighted by Gasteiger charge is -2.11. The fourth-order valence-electron chi connectivity index (χ4n) is 0.992. The van der Waals surface area contributed by atoms with Gasteiger partial charge in [0.15, 0.2) is 0 Å². The third-order valence-corrected chi connectivity index (χ3v) is 1.74. The van der Waals surface area contributed by atoms with E-state index in [0.29, 0.717) is 0 Å². The monoisotopic (exact) mass is 186 g/mol. The van der Waals surface area contributed by atoms with Crippen LogP contribution in [0.15, 0.2) is 12.1 Å². The van der Waals surface area contributed by atoms with Gasteiger partial charge in [-0.25, -0.2) is 4.39 Å². The van der Waals surface area contributed by atoms with Crippen molar-refractivity contribution < 1.29 is 14.6 Å². The zero-order chi connectivity index (χ0) is 10.0. The summed E-state index contributed by atoms with van der Waals surface area (Å²) < 4.78 is 12.7. The molecule has 1 aromatic rings. The molecule has 0 fully saturated rings. The number of anilines is 1. The van der Waals surface area contributed by atoms with Gasteiger partial charge in [-0.15, -0.1) is 0 Å². The van der Waals surface area contributed by atoms with Crippen LogP contribution in [0, 0.1) is 5.82 Å². The second-order valence-electron chi connectivity index (χ2n) is 2.72. The molecular weight excluding hydrogens is 175 g/mol.